The Labute approximate surface area is 182 Å². The molecule has 0 saturated heterocycles. The highest BCUT2D eigenvalue weighted by atomic mass is 32.2. The van der Waals surface area contributed by atoms with E-state index in [0.29, 0.717) is 21.6 Å². The Bertz CT molecular complexity index is 1490. The molecule has 0 aliphatic heterocycles. The molecule has 0 bridgehead atoms. The second-order valence-electron chi connectivity index (χ2n) is 7.27. The van der Waals surface area contributed by atoms with Crippen molar-refractivity contribution in [1.82, 2.24) is 14.5 Å². The van der Waals surface area contributed by atoms with Crippen LogP contribution in [0.4, 0.5) is 0 Å². The molecular formula is C25H19N3O2S. The van der Waals surface area contributed by atoms with Gasteiger partial charge in [-0.2, -0.15) is 0 Å². The largest absolute Gasteiger partial charge is 0.343 e. The van der Waals surface area contributed by atoms with Crippen molar-refractivity contribution in [2.45, 2.75) is 5.16 Å². The molecule has 0 amide bonds. The van der Waals surface area contributed by atoms with Gasteiger partial charge in [0.1, 0.15) is 0 Å². The number of aromatic nitrogens is 3. The Balaban J connectivity index is 1.54. The number of carbonyl (C=O) groups excluding carboxylic acids is 1. The zero-order valence-electron chi connectivity index (χ0n) is 16.8. The first kappa shape index (κ1) is 19.3. The predicted molar refractivity (Wildman–Crippen MR) is 126 cm³/mol. The first-order chi connectivity index (χ1) is 15.1. The summed E-state index contributed by atoms with van der Waals surface area (Å²) in [4.78, 5) is 33.1. The maximum atomic E-state index is 13.4. The van der Waals surface area contributed by atoms with Crippen LogP contribution in [-0.4, -0.2) is 26.1 Å². The Morgan fingerprint density at radius 2 is 1.61 bits per heavy atom. The minimum atomic E-state index is -0.198. The lowest BCUT2D eigenvalue weighted by Crippen LogP contribution is -2.11. The maximum absolute atomic E-state index is 13.4. The van der Waals surface area contributed by atoms with E-state index in [2.05, 4.69) is 14.5 Å². The van der Waals surface area contributed by atoms with E-state index in [0.717, 1.165) is 22.2 Å². The minimum absolute atomic E-state index is 0.00328. The Hall–Kier alpha value is -3.64. The Morgan fingerprint density at radius 3 is 2.42 bits per heavy atom. The second-order valence-corrected chi connectivity index (χ2v) is 8.23. The highest BCUT2D eigenvalue weighted by molar-refractivity contribution is 7.99. The standard InChI is InChI=1S/C25H19N3O2S/c1-28-20-14-8-6-12-18(20)22(23(28)16-9-3-2-4-10-16)21(29)15-31-25-26-19-13-7-5-11-17(19)24(30)27-25/h2-14H,15H2,1H3,(H,26,27,30). The molecule has 2 heterocycles. The van der Waals surface area contributed by atoms with Gasteiger partial charge < -0.3 is 9.55 Å². The summed E-state index contributed by atoms with van der Waals surface area (Å²) < 4.78 is 2.07. The van der Waals surface area contributed by atoms with Crippen molar-refractivity contribution in [3.8, 4) is 11.3 Å². The number of rotatable bonds is 5. The molecule has 31 heavy (non-hydrogen) atoms. The summed E-state index contributed by atoms with van der Waals surface area (Å²) in [6.07, 6.45) is 0. The summed E-state index contributed by atoms with van der Waals surface area (Å²) in [6, 6.07) is 25.1. The van der Waals surface area contributed by atoms with Crippen LogP contribution in [0.5, 0.6) is 0 Å². The average molecular weight is 426 g/mol. The molecular weight excluding hydrogens is 406 g/mol. The smallest absolute Gasteiger partial charge is 0.259 e. The summed E-state index contributed by atoms with van der Waals surface area (Å²) in [6.45, 7) is 0. The van der Waals surface area contributed by atoms with Gasteiger partial charge in [-0.15, -0.1) is 0 Å². The number of para-hydroxylation sites is 2. The van der Waals surface area contributed by atoms with Gasteiger partial charge in [0.05, 0.1) is 27.9 Å². The van der Waals surface area contributed by atoms with E-state index in [4.69, 9.17) is 0 Å². The van der Waals surface area contributed by atoms with Gasteiger partial charge in [-0.25, -0.2) is 4.98 Å². The van der Waals surface area contributed by atoms with Crippen molar-refractivity contribution in [2.75, 3.05) is 5.75 Å². The molecule has 0 unspecified atom stereocenters. The normalized spacial score (nSPS) is 11.3. The van der Waals surface area contributed by atoms with Crippen LogP contribution in [0.2, 0.25) is 0 Å². The molecule has 1 N–H and O–H groups in total. The van der Waals surface area contributed by atoms with Crippen LogP contribution in [0.1, 0.15) is 10.4 Å². The number of nitrogens with zero attached hydrogens (tertiary/aromatic N) is 2. The molecule has 0 fully saturated rings. The number of nitrogens with one attached hydrogen (secondary N) is 1. The lowest BCUT2D eigenvalue weighted by atomic mass is 10.0. The predicted octanol–water partition coefficient (Wildman–Crippen LogP) is 5.06. The fourth-order valence-corrected chi connectivity index (χ4v) is 4.69. The number of aromatic amines is 1. The van der Waals surface area contributed by atoms with Crippen molar-refractivity contribution < 1.29 is 4.79 Å². The minimum Gasteiger partial charge on any atom is -0.343 e. The van der Waals surface area contributed by atoms with Gasteiger partial charge in [0, 0.05) is 18.0 Å². The fourth-order valence-electron chi connectivity index (χ4n) is 3.95. The quantitative estimate of drug-likeness (QED) is 0.243. The summed E-state index contributed by atoms with van der Waals surface area (Å²) in [7, 11) is 1.98. The van der Waals surface area contributed by atoms with E-state index in [1.807, 2.05) is 67.7 Å². The Morgan fingerprint density at radius 1 is 0.935 bits per heavy atom. The average Bonchev–Trinajstić information content (AvgIpc) is 3.11. The third kappa shape index (κ3) is 3.45. The molecule has 0 spiro atoms. The molecule has 5 rings (SSSR count). The SMILES string of the molecule is Cn1c(-c2ccccc2)c(C(=O)CSc2nc3ccccc3c(=O)[nH]2)c2ccccc21. The molecule has 0 saturated carbocycles. The number of hydrogen-bond donors (Lipinski definition) is 1. The van der Waals surface area contributed by atoms with Crippen molar-refractivity contribution in [2.24, 2.45) is 7.05 Å². The molecule has 0 radical (unpaired) electrons. The van der Waals surface area contributed by atoms with Gasteiger partial charge in [-0.1, -0.05) is 72.4 Å². The van der Waals surface area contributed by atoms with Crippen LogP contribution in [0.15, 0.2) is 88.8 Å². The summed E-state index contributed by atoms with van der Waals surface area (Å²) >= 11 is 1.25. The molecule has 5 nitrogen and oxygen atoms in total. The lowest BCUT2D eigenvalue weighted by Gasteiger charge is -2.08. The van der Waals surface area contributed by atoms with E-state index in [1.165, 1.54) is 11.8 Å². The number of thioether (sulfide) groups is 1. The van der Waals surface area contributed by atoms with E-state index in [9.17, 15) is 9.59 Å². The second kappa shape index (κ2) is 7.89. The van der Waals surface area contributed by atoms with Crippen molar-refractivity contribution in [1.29, 1.82) is 0 Å². The monoisotopic (exact) mass is 425 g/mol. The van der Waals surface area contributed by atoms with E-state index >= 15 is 0 Å². The molecule has 3 aromatic carbocycles. The number of aryl methyl sites for hydroxylation is 1. The lowest BCUT2D eigenvalue weighted by molar-refractivity contribution is 0.102. The van der Waals surface area contributed by atoms with Crippen LogP contribution in [0.3, 0.4) is 0 Å². The van der Waals surface area contributed by atoms with Gasteiger partial charge >= 0.3 is 0 Å². The number of ketones is 1. The summed E-state index contributed by atoms with van der Waals surface area (Å²) in [5.74, 6) is 0.172. The first-order valence-electron chi connectivity index (χ1n) is 9.91. The molecule has 0 aliphatic carbocycles. The number of carbonyl (C=O) groups is 1. The van der Waals surface area contributed by atoms with Gasteiger partial charge in [0.15, 0.2) is 10.9 Å². The number of hydrogen-bond acceptors (Lipinski definition) is 4. The fraction of sp³-hybridized carbons (Fsp3) is 0.0800. The third-order valence-corrected chi connectivity index (χ3v) is 6.24. The highest BCUT2D eigenvalue weighted by Gasteiger charge is 2.22. The van der Waals surface area contributed by atoms with Gasteiger partial charge in [0.25, 0.3) is 5.56 Å². The van der Waals surface area contributed by atoms with Crippen LogP contribution in [0.25, 0.3) is 33.1 Å². The zero-order valence-corrected chi connectivity index (χ0v) is 17.6. The molecule has 152 valence electrons. The van der Waals surface area contributed by atoms with Crippen LogP contribution in [0, 0.1) is 0 Å². The first-order valence-corrected chi connectivity index (χ1v) is 10.9. The maximum Gasteiger partial charge on any atom is 0.259 e. The number of benzene rings is 3. The molecule has 2 aromatic heterocycles. The van der Waals surface area contributed by atoms with Crippen LogP contribution < -0.4 is 5.56 Å². The van der Waals surface area contributed by atoms with E-state index < -0.39 is 0 Å². The molecule has 0 aliphatic rings. The van der Waals surface area contributed by atoms with Crippen LogP contribution in [-0.2, 0) is 7.05 Å². The van der Waals surface area contributed by atoms with E-state index in [-0.39, 0.29) is 17.1 Å². The number of H-pyrrole nitrogens is 1. The third-order valence-electron chi connectivity index (χ3n) is 5.36. The van der Waals surface area contributed by atoms with Crippen molar-refractivity contribution in [3.63, 3.8) is 0 Å². The highest BCUT2D eigenvalue weighted by Crippen LogP contribution is 2.34. The molecule has 0 atom stereocenters. The van der Waals surface area contributed by atoms with Crippen LogP contribution >= 0.6 is 11.8 Å². The molecule has 6 heteroatoms. The van der Waals surface area contributed by atoms with E-state index in [1.54, 1.807) is 18.2 Å². The zero-order chi connectivity index (χ0) is 21.4. The number of Topliss-reactive ketones (excluding diaryl/α,β-unsaturated/α-hetero) is 1. The van der Waals surface area contributed by atoms with Gasteiger partial charge in [0.2, 0.25) is 0 Å². The van der Waals surface area contributed by atoms with Gasteiger partial charge in [-0.05, 0) is 23.8 Å². The van der Waals surface area contributed by atoms with Gasteiger partial charge in [-0.3, -0.25) is 9.59 Å². The summed E-state index contributed by atoms with van der Waals surface area (Å²) in [5, 5.41) is 1.91. The topological polar surface area (TPSA) is 67.8 Å². The van der Waals surface area contributed by atoms with Crippen molar-refractivity contribution in [3.05, 3.63) is 94.8 Å². The Kier molecular flexibility index (Phi) is 4.92. The summed E-state index contributed by atoms with van der Waals surface area (Å²) in [5.41, 5.74) is 4.01. The number of fused-ring (bicyclic) bond motifs is 2. The van der Waals surface area contributed by atoms with Crippen molar-refractivity contribution >= 4 is 39.4 Å². The molecule has 5 aromatic rings.